The van der Waals surface area contributed by atoms with Gasteiger partial charge in [0.05, 0.1) is 5.56 Å². The number of amides is 1. The van der Waals surface area contributed by atoms with E-state index in [1.54, 1.807) is 12.1 Å². The molecular weight excluding hydrogens is 272 g/mol. The third kappa shape index (κ3) is 3.29. The largest absolute Gasteiger partial charge is 0.480 e. The summed E-state index contributed by atoms with van der Waals surface area (Å²) in [7, 11) is 0. The Hall–Kier alpha value is -2.60. The lowest BCUT2D eigenvalue weighted by Gasteiger charge is -2.14. The molecule has 1 atom stereocenters. The van der Waals surface area contributed by atoms with Crippen LogP contribution < -0.4 is 11.1 Å². The number of carbonyl (C=O) groups is 2. The minimum Gasteiger partial charge on any atom is -0.480 e. The molecular formula is C15H16N2O4. The Morgan fingerprint density at radius 3 is 2.38 bits per heavy atom. The topological polar surface area (TPSA) is 113 Å². The highest BCUT2D eigenvalue weighted by atomic mass is 16.4. The van der Waals surface area contributed by atoms with Crippen LogP contribution in [0.15, 0.2) is 36.4 Å². The first-order chi connectivity index (χ1) is 10.0. The zero-order chi connectivity index (χ0) is 15.4. The Labute approximate surface area is 121 Å². The Kier molecular flexibility index (Phi) is 4.39. The number of carboxylic acid groups (broad SMARTS) is 1. The number of benzene rings is 2. The number of nitrogens with two attached hydrogens (primary N) is 1. The molecule has 2 aromatic rings. The number of hydrogen-bond donors (Lipinski definition) is 4. The van der Waals surface area contributed by atoms with Crippen molar-refractivity contribution in [3.8, 4) is 0 Å². The standard InChI is InChI=1S/C15H16N2O4/c16-12-8-10-4-2-1-3-9(10)7-11(12)14(19)17-13(5-6-18)15(20)21/h1-4,7-8,13,18H,5-6,16H2,(H,17,19)(H,20,21). The van der Waals surface area contributed by atoms with Crippen LogP contribution in [0.1, 0.15) is 16.8 Å². The summed E-state index contributed by atoms with van der Waals surface area (Å²) in [6.45, 7) is -0.329. The van der Waals surface area contributed by atoms with Gasteiger partial charge in [-0.15, -0.1) is 0 Å². The van der Waals surface area contributed by atoms with E-state index in [0.717, 1.165) is 10.8 Å². The van der Waals surface area contributed by atoms with Gasteiger partial charge in [-0.05, 0) is 22.9 Å². The van der Waals surface area contributed by atoms with Gasteiger partial charge >= 0.3 is 5.97 Å². The molecule has 0 spiro atoms. The number of hydrogen-bond acceptors (Lipinski definition) is 4. The predicted octanol–water partition coefficient (Wildman–Crippen LogP) is 0.987. The molecule has 0 saturated heterocycles. The minimum atomic E-state index is -1.20. The molecule has 21 heavy (non-hydrogen) atoms. The lowest BCUT2D eigenvalue weighted by Crippen LogP contribution is -2.41. The van der Waals surface area contributed by atoms with Crippen LogP contribution in [0.2, 0.25) is 0 Å². The fraction of sp³-hybridized carbons (Fsp3) is 0.200. The molecule has 0 aromatic heterocycles. The van der Waals surface area contributed by atoms with E-state index in [2.05, 4.69) is 5.32 Å². The highest BCUT2D eigenvalue weighted by Gasteiger charge is 2.21. The van der Waals surface area contributed by atoms with Crippen LogP contribution in [0.4, 0.5) is 5.69 Å². The molecule has 1 unspecified atom stereocenters. The van der Waals surface area contributed by atoms with Gasteiger partial charge in [-0.1, -0.05) is 24.3 Å². The first kappa shape index (κ1) is 14.8. The van der Waals surface area contributed by atoms with Crippen LogP contribution in [0.25, 0.3) is 10.8 Å². The Balaban J connectivity index is 2.30. The first-order valence-corrected chi connectivity index (χ1v) is 6.45. The fourth-order valence-corrected chi connectivity index (χ4v) is 2.08. The van der Waals surface area contributed by atoms with Crippen molar-refractivity contribution < 1.29 is 19.8 Å². The smallest absolute Gasteiger partial charge is 0.326 e. The molecule has 0 saturated carbocycles. The van der Waals surface area contributed by atoms with Gasteiger partial charge in [-0.2, -0.15) is 0 Å². The number of aliphatic carboxylic acids is 1. The van der Waals surface area contributed by atoms with Gasteiger partial charge in [0.2, 0.25) is 0 Å². The zero-order valence-electron chi connectivity index (χ0n) is 11.2. The monoisotopic (exact) mass is 288 g/mol. The molecule has 0 aliphatic heterocycles. The molecule has 0 heterocycles. The number of nitrogens with one attached hydrogen (secondary N) is 1. The molecule has 0 bridgehead atoms. The average Bonchev–Trinajstić information content (AvgIpc) is 2.45. The Morgan fingerprint density at radius 1 is 1.19 bits per heavy atom. The van der Waals surface area contributed by atoms with E-state index in [4.69, 9.17) is 15.9 Å². The van der Waals surface area contributed by atoms with E-state index < -0.39 is 17.9 Å². The van der Waals surface area contributed by atoms with Crippen LogP contribution >= 0.6 is 0 Å². The molecule has 5 N–H and O–H groups in total. The number of fused-ring (bicyclic) bond motifs is 1. The van der Waals surface area contributed by atoms with Crippen molar-refractivity contribution in [1.82, 2.24) is 5.32 Å². The molecule has 0 fully saturated rings. The summed E-state index contributed by atoms with van der Waals surface area (Å²) in [6, 6.07) is 9.57. The molecule has 6 nitrogen and oxygen atoms in total. The van der Waals surface area contributed by atoms with Crippen molar-refractivity contribution in [2.45, 2.75) is 12.5 Å². The van der Waals surface area contributed by atoms with Crippen molar-refractivity contribution in [3.05, 3.63) is 42.0 Å². The normalized spacial score (nSPS) is 12.0. The minimum absolute atomic E-state index is 0.0610. The fourth-order valence-electron chi connectivity index (χ4n) is 2.08. The van der Waals surface area contributed by atoms with Crippen LogP contribution in [0.5, 0.6) is 0 Å². The summed E-state index contributed by atoms with van der Waals surface area (Å²) < 4.78 is 0. The van der Waals surface area contributed by atoms with Gasteiger partial charge in [-0.25, -0.2) is 4.79 Å². The Morgan fingerprint density at radius 2 is 1.81 bits per heavy atom. The predicted molar refractivity (Wildman–Crippen MR) is 79.0 cm³/mol. The summed E-state index contributed by atoms with van der Waals surface area (Å²) in [5.74, 6) is -1.77. The summed E-state index contributed by atoms with van der Waals surface area (Å²) in [5, 5.41) is 21.9. The highest BCUT2D eigenvalue weighted by Crippen LogP contribution is 2.22. The second-order valence-corrected chi connectivity index (χ2v) is 4.66. The van der Waals surface area contributed by atoms with Gasteiger partial charge in [0, 0.05) is 18.7 Å². The van der Waals surface area contributed by atoms with E-state index in [1.165, 1.54) is 0 Å². The molecule has 0 radical (unpaired) electrons. The van der Waals surface area contributed by atoms with E-state index in [0.29, 0.717) is 0 Å². The first-order valence-electron chi connectivity index (χ1n) is 6.45. The summed E-state index contributed by atoms with van der Waals surface area (Å²) in [5.41, 5.74) is 6.35. The number of rotatable bonds is 5. The van der Waals surface area contributed by atoms with Gasteiger partial charge in [0.1, 0.15) is 6.04 Å². The molecule has 6 heteroatoms. The maximum Gasteiger partial charge on any atom is 0.326 e. The Bertz CT molecular complexity index is 684. The third-order valence-corrected chi connectivity index (χ3v) is 3.18. The average molecular weight is 288 g/mol. The van der Waals surface area contributed by atoms with E-state index >= 15 is 0 Å². The molecule has 110 valence electrons. The number of anilines is 1. The number of nitrogen functional groups attached to an aromatic ring is 1. The zero-order valence-corrected chi connectivity index (χ0v) is 11.2. The van der Waals surface area contributed by atoms with Gasteiger partial charge in [0.25, 0.3) is 5.91 Å². The molecule has 2 rings (SSSR count). The second kappa shape index (κ2) is 6.23. The second-order valence-electron chi connectivity index (χ2n) is 4.66. The van der Waals surface area contributed by atoms with Crippen molar-refractivity contribution >= 4 is 28.3 Å². The van der Waals surface area contributed by atoms with E-state index in [9.17, 15) is 9.59 Å². The highest BCUT2D eigenvalue weighted by molar-refractivity contribution is 6.05. The number of carbonyl (C=O) groups excluding carboxylic acids is 1. The molecule has 1 amide bonds. The van der Waals surface area contributed by atoms with Gasteiger partial charge in [-0.3, -0.25) is 4.79 Å². The van der Waals surface area contributed by atoms with Crippen LogP contribution in [-0.4, -0.2) is 34.7 Å². The number of aliphatic hydroxyl groups excluding tert-OH is 1. The van der Waals surface area contributed by atoms with Crippen LogP contribution in [0.3, 0.4) is 0 Å². The summed E-state index contributed by atoms with van der Waals surface area (Å²) in [4.78, 5) is 23.2. The maximum atomic E-state index is 12.2. The van der Waals surface area contributed by atoms with Crippen molar-refractivity contribution in [2.24, 2.45) is 0 Å². The molecule has 0 aliphatic rings. The van der Waals surface area contributed by atoms with Gasteiger partial charge < -0.3 is 21.3 Å². The van der Waals surface area contributed by atoms with Crippen molar-refractivity contribution in [1.29, 1.82) is 0 Å². The molecule has 0 aliphatic carbocycles. The van der Waals surface area contributed by atoms with Crippen molar-refractivity contribution in [2.75, 3.05) is 12.3 Å². The summed E-state index contributed by atoms with van der Waals surface area (Å²) in [6.07, 6.45) is -0.0610. The quantitative estimate of drug-likeness (QED) is 0.613. The van der Waals surface area contributed by atoms with Crippen LogP contribution in [-0.2, 0) is 4.79 Å². The lowest BCUT2D eigenvalue weighted by atomic mass is 10.0. The summed E-state index contributed by atoms with van der Waals surface area (Å²) >= 11 is 0. The van der Waals surface area contributed by atoms with E-state index in [-0.39, 0.29) is 24.3 Å². The lowest BCUT2D eigenvalue weighted by molar-refractivity contribution is -0.139. The maximum absolute atomic E-state index is 12.2. The van der Waals surface area contributed by atoms with Crippen molar-refractivity contribution in [3.63, 3.8) is 0 Å². The SMILES string of the molecule is Nc1cc2ccccc2cc1C(=O)NC(CCO)C(=O)O. The number of aliphatic hydroxyl groups is 1. The third-order valence-electron chi connectivity index (χ3n) is 3.18. The van der Waals surface area contributed by atoms with Gasteiger partial charge in [0.15, 0.2) is 0 Å². The van der Waals surface area contributed by atoms with Crippen LogP contribution in [0, 0.1) is 0 Å². The number of carboxylic acids is 1. The van der Waals surface area contributed by atoms with E-state index in [1.807, 2.05) is 24.3 Å². The molecule has 2 aromatic carbocycles.